The van der Waals surface area contributed by atoms with Crippen molar-refractivity contribution in [2.45, 2.75) is 19.2 Å². The summed E-state index contributed by atoms with van der Waals surface area (Å²) in [5.74, 6) is 0.572. The standard InChI is InChI=1S/C13H15Cl2NO3/c1-7-10(15)6-9(8(2)14)12(18-3)11(7)16-4-5-19-13(16)17/h6,8H,4-5H2,1-3H3. The van der Waals surface area contributed by atoms with Crippen LogP contribution < -0.4 is 9.64 Å². The largest absolute Gasteiger partial charge is 0.494 e. The van der Waals surface area contributed by atoms with Crippen LogP contribution in [-0.4, -0.2) is 26.4 Å². The van der Waals surface area contributed by atoms with Gasteiger partial charge in [0.1, 0.15) is 12.4 Å². The van der Waals surface area contributed by atoms with Crippen LogP contribution in [0.3, 0.4) is 0 Å². The van der Waals surface area contributed by atoms with E-state index in [1.807, 2.05) is 13.8 Å². The van der Waals surface area contributed by atoms with Crippen molar-refractivity contribution in [3.8, 4) is 5.75 Å². The van der Waals surface area contributed by atoms with Gasteiger partial charge in [-0.2, -0.15) is 0 Å². The average molecular weight is 304 g/mol. The number of methoxy groups -OCH3 is 1. The van der Waals surface area contributed by atoms with Crippen LogP contribution in [0.25, 0.3) is 0 Å². The van der Waals surface area contributed by atoms with Crippen molar-refractivity contribution >= 4 is 35.0 Å². The van der Waals surface area contributed by atoms with Crippen molar-refractivity contribution in [3.05, 3.63) is 22.2 Å². The topological polar surface area (TPSA) is 38.8 Å². The first-order valence-corrected chi connectivity index (χ1v) is 6.74. The van der Waals surface area contributed by atoms with Gasteiger partial charge in [-0.1, -0.05) is 11.6 Å². The SMILES string of the molecule is COc1c(C(C)Cl)cc(Cl)c(C)c1N1CCOC1=O. The number of hydrogen-bond acceptors (Lipinski definition) is 3. The van der Waals surface area contributed by atoms with Crippen LogP contribution in [0.5, 0.6) is 5.75 Å². The lowest BCUT2D eigenvalue weighted by molar-refractivity contribution is 0.181. The zero-order chi connectivity index (χ0) is 14.2. The van der Waals surface area contributed by atoms with Crippen molar-refractivity contribution in [3.63, 3.8) is 0 Å². The molecule has 2 rings (SSSR count). The van der Waals surface area contributed by atoms with Crippen LogP contribution in [0.15, 0.2) is 6.07 Å². The van der Waals surface area contributed by atoms with E-state index in [0.717, 1.165) is 11.1 Å². The molecule has 0 spiro atoms. The molecule has 1 atom stereocenters. The van der Waals surface area contributed by atoms with Crippen molar-refractivity contribution in [1.29, 1.82) is 0 Å². The van der Waals surface area contributed by atoms with Gasteiger partial charge in [-0.25, -0.2) is 4.79 Å². The van der Waals surface area contributed by atoms with Crippen LogP contribution in [0.2, 0.25) is 5.02 Å². The molecule has 1 aliphatic rings. The molecule has 1 aromatic rings. The van der Waals surface area contributed by atoms with Gasteiger partial charge in [0.25, 0.3) is 0 Å². The highest BCUT2D eigenvalue weighted by molar-refractivity contribution is 6.32. The Labute approximate surface area is 122 Å². The predicted octanol–water partition coefficient (Wildman–Crippen LogP) is 3.91. The van der Waals surface area contributed by atoms with Gasteiger partial charge in [0, 0.05) is 10.6 Å². The Bertz CT molecular complexity index is 517. The van der Waals surface area contributed by atoms with E-state index in [-0.39, 0.29) is 5.38 Å². The number of halogens is 2. The summed E-state index contributed by atoms with van der Waals surface area (Å²) in [6, 6.07) is 1.78. The quantitative estimate of drug-likeness (QED) is 0.795. The minimum Gasteiger partial charge on any atom is -0.494 e. The highest BCUT2D eigenvalue weighted by atomic mass is 35.5. The van der Waals surface area contributed by atoms with Crippen LogP contribution in [0.4, 0.5) is 10.5 Å². The number of anilines is 1. The molecule has 1 amide bonds. The molecular formula is C13H15Cl2NO3. The second kappa shape index (κ2) is 5.47. The van der Waals surface area contributed by atoms with Crippen LogP contribution >= 0.6 is 23.2 Å². The van der Waals surface area contributed by atoms with Crippen LogP contribution in [0, 0.1) is 6.92 Å². The molecule has 0 saturated carbocycles. The Kier molecular flexibility index (Phi) is 4.11. The van der Waals surface area contributed by atoms with E-state index in [1.165, 1.54) is 4.90 Å². The van der Waals surface area contributed by atoms with E-state index >= 15 is 0 Å². The first kappa shape index (κ1) is 14.3. The summed E-state index contributed by atoms with van der Waals surface area (Å²) in [5.41, 5.74) is 2.17. The molecule has 1 saturated heterocycles. The van der Waals surface area contributed by atoms with Gasteiger partial charge < -0.3 is 9.47 Å². The molecule has 19 heavy (non-hydrogen) atoms. The van der Waals surface area contributed by atoms with Crippen LogP contribution in [0.1, 0.15) is 23.4 Å². The number of nitrogens with zero attached hydrogens (tertiary/aromatic N) is 1. The molecule has 0 N–H and O–H groups in total. The van der Waals surface area contributed by atoms with Gasteiger partial charge in [-0.05, 0) is 25.5 Å². The first-order chi connectivity index (χ1) is 8.97. The number of carbonyl (C=O) groups is 1. The Morgan fingerprint density at radius 3 is 2.68 bits per heavy atom. The molecule has 4 nitrogen and oxygen atoms in total. The lowest BCUT2D eigenvalue weighted by atomic mass is 10.0. The Morgan fingerprint density at radius 2 is 2.21 bits per heavy atom. The number of cyclic esters (lactones) is 1. The number of hydrogen-bond donors (Lipinski definition) is 0. The zero-order valence-corrected chi connectivity index (χ0v) is 12.5. The second-order valence-electron chi connectivity index (χ2n) is 4.34. The van der Waals surface area contributed by atoms with Crippen molar-refractivity contribution in [1.82, 2.24) is 0 Å². The van der Waals surface area contributed by atoms with Crippen LogP contribution in [-0.2, 0) is 4.74 Å². The number of alkyl halides is 1. The molecule has 1 aliphatic heterocycles. The van der Waals surface area contributed by atoms with E-state index in [4.69, 9.17) is 32.7 Å². The minimum atomic E-state index is -0.392. The first-order valence-electron chi connectivity index (χ1n) is 5.92. The summed E-state index contributed by atoms with van der Waals surface area (Å²) in [5, 5.41) is 0.281. The maximum Gasteiger partial charge on any atom is 0.414 e. The summed E-state index contributed by atoms with van der Waals surface area (Å²) in [6.07, 6.45) is -0.392. The smallest absolute Gasteiger partial charge is 0.414 e. The second-order valence-corrected chi connectivity index (χ2v) is 5.40. The fourth-order valence-corrected chi connectivity index (χ4v) is 2.53. The molecule has 1 aromatic carbocycles. The molecule has 1 fully saturated rings. The lowest BCUT2D eigenvalue weighted by Crippen LogP contribution is -2.25. The summed E-state index contributed by atoms with van der Waals surface area (Å²) in [4.78, 5) is 13.3. The molecule has 1 unspecified atom stereocenters. The van der Waals surface area contributed by atoms with Gasteiger partial charge in [-0.15, -0.1) is 11.6 Å². The van der Waals surface area contributed by atoms with Crippen molar-refractivity contribution < 1.29 is 14.3 Å². The van der Waals surface area contributed by atoms with Gasteiger partial charge >= 0.3 is 6.09 Å². The minimum absolute atomic E-state index is 0.273. The van der Waals surface area contributed by atoms with E-state index < -0.39 is 6.09 Å². The Hall–Kier alpha value is -1.13. The van der Waals surface area contributed by atoms with Gasteiger partial charge in [0.15, 0.2) is 0 Å². The van der Waals surface area contributed by atoms with Gasteiger partial charge in [0.2, 0.25) is 0 Å². The van der Waals surface area contributed by atoms with Crippen molar-refractivity contribution in [2.24, 2.45) is 0 Å². The fraction of sp³-hybridized carbons (Fsp3) is 0.462. The summed E-state index contributed by atoms with van der Waals surface area (Å²) < 4.78 is 10.4. The van der Waals surface area contributed by atoms with E-state index in [2.05, 4.69) is 0 Å². The third kappa shape index (κ3) is 2.47. The number of carbonyl (C=O) groups excluding carboxylic acids is 1. The number of benzene rings is 1. The number of ether oxygens (including phenoxy) is 2. The van der Waals surface area contributed by atoms with Gasteiger partial charge in [-0.3, -0.25) is 4.90 Å². The highest BCUT2D eigenvalue weighted by Gasteiger charge is 2.30. The molecule has 0 bridgehead atoms. The highest BCUT2D eigenvalue weighted by Crippen LogP contribution is 2.44. The summed E-state index contributed by atoms with van der Waals surface area (Å²) in [6.45, 7) is 4.51. The molecule has 0 aromatic heterocycles. The lowest BCUT2D eigenvalue weighted by Gasteiger charge is -2.23. The molecule has 0 aliphatic carbocycles. The molecule has 104 valence electrons. The maximum absolute atomic E-state index is 11.8. The molecular weight excluding hydrogens is 289 g/mol. The van der Waals surface area contributed by atoms with Crippen molar-refractivity contribution in [2.75, 3.05) is 25.2 Å². The maximum atomic E-state index is 11.8. The zero-order valence-electron chi connectivity index (χ0n) is 11.0. The molecule has 6 heteroatoms. The predicted molar refractivity (Wildman–Crippen MR) is 75.7 cm³/mol. The Morgan fingerprint density at radius 1 is 1.53 bits per heavy atom. The van der Waals surface area contributed by atoms with E-state index in [0.29, 0.717) is 29.6 Å². The number of rotatable bonds is 3. The van der Waals surface area contributed by atoms with E-state index in [1.54, 1.807) is 13.2 Å². The average Bonchev–Trinajstić information content (AvgIpc) is 2.77. The van der Waals surface area contributed by atoms with Gasteiger partial charge in [0.05, 0.1) is 24.7 Å². The van der Waals surface area contributed by atoms with E-state index in [9.17, 15) is 4.79 Å². The molecule has 0 radical (unpaired) electrons. The molecule has 1 heterocycles. The summed E-state index contributed by atoms with van der Waals surface area (Å²) in [7, 11) is 1.55. The normalized spacial score (nSPS) is 16.5. The number of amides is 1. The summed E-state index contributed by atoms with van der Waals surface area (Å²) >= 11 is 12.4. The Balaban J connectivity index is 2.66. The monoisotopic (exact) mass is 303 g/mol. The fourth-order valence-electron chi connectivity index (χ4n) is 2.16. The third-order valence-corrected chi connectivity index (χ3v) is 3.76. The third-order valence-electron chi connectivity index (χ3n) is 3.14.